The Labute approximate surface area is 144 Å². The van der Waals surface area contributed by atoms with Crippen LogP contribution in [0.2, 0.25) is 0 Å². The summed E-state index contributed by atoms with van der Waals surface area (Å²) in [6, 6.07) is 3.91. The molecule has 0 aliphatic rings. The number of nitrogens with zero attached hydrogens (tertiary/aromatic N) is 5. The van der Waals surface area contributed by atoms with Gasteiger partial charge in [-0.15, -0.1) is 0 Å². The monoisotopic (exact) mass is 334 g/mol. The van der Waals surface area contributed by atoms with Crippen molar-refractivity contribution >= 4 is 5.65 Å². The second-order valence-corrected chi connectivity index (χ2v) is 6.05. The van der Waals surface area contributed by atoms with Crippen LogP contribution >= 0.6 is 0 Å². The Kier molecular flexibility index (Phi) is 3.49. The summed E-state index contributed by atoms with van der Waals surface area (Å²) in [7, 11) is 0. The van der Waals surface area contributed by atoms with Gasteiger partial charge in [0.2, 0.25) is 0 Å². The molecular weight excluding hydrogens is 316 g/mol. The van der Waals surface area contributed by atoms with Gasteiger partial charge in [-0.25, -0.2) is 19.2 Å². The van der Waals surface area contributed by atoms with Gasteiger partial charge in [0.05, 0.1) is 6.20 Å². The molecule has 0 spiro atoms. The Hall–Kier alpha value is -3.22. The van der Waals surface area contributed by atoms with Crippen LogP contribution in [0.4, 0.5) is 0 Å². The summed E-state index contributed by atoms with van der Waals surface area (Å²) in [6.07, 6.45) is 7.84. The first kappa shape index (κ1) is 15.3. The number of hydrogen-bond acceptors (Lipinski definition) is 4. The van der Waals surface area contributed by atoms with Crippen LogP contribution in [0.1, 0.15) is 23.7 Å². The van der Waals surface area contributed by atoms with Gasteiger partial charge in [-0.1, -0.05) is 6.92 Å². The molecule has 25 heavy (non-hydrogen) atoms. The van der Waals surface area contributed by atoms with Crippen molar-refractivity contribution < 1.29 is 0 Å². The van der Waals surface area contributed by atoms with Crippen LogP contribution in [0.25, 0.3) is 22.6 Å². The summed E-state index contributed by atoms with van der Waals surface area (Å²) in [5.74, 6) is 0.751. The summed E-state index contributed by atoms with van der Waals surface area (Å²) in [5, 5.41) is 7.40. The fourth-order valence-electron chi connectivity index (χ4n) is 3.01. The van der Waals surface area contributed by atoms with Crippen LogP contribution < -0.4 is 5.56 Å². The van der Waals surface area contributed by atoms with E-state index in [-0.39, 0.29) is 5.56 Å². The average molecular weight is 334 g/mol. The van der Waals surface area contributed by atoms with Crippen LogP contribution in [-0.4, -0.2) is 29.4 Å². The first-order chi connectivity index (χ1) is 12.1. The first-order valence-electron chi connectivity index (χ1n) is 8.16. The van der Waals surface area contributed by atoms with Crippen LogP contribution in [0.15, 0.2) is 41.7 Å². The zero-order valence-electron chi connectivity index (χ0n) is 14.3. The summed E-state index contributed by atoms with van der Waals surface area (Å²) >= 11 is 0. The van der Waals surface area contributed by atoms with E-state index in [1.807, 2.05) is 39.1 Å². The first-order valence-corrected chi connectivity index (χ1v) is 8.16. The van der Waals surface area contributed by atoms with Crippen LogP contribution in [0, 0.1) is 13.8 Å². The largest absolute Gasteiger partial charge is 0.296 e. The molecule has 0 aromatic carbocycles. The number of nitrogens with one attached hydrogen (secondary N) is 1. The number of pyridine rings is 1. The smallest absolute Gasteiger partial charge is 0.276 e. The normalized spacial score (nSPS) is 11.3. The Bertz CT molecular complexity index is 1130. The molecule has 1 N–H and O–H groups in total. The van der Waals surface area contributed by atoms with Gasteiger partial charge in [0.15, 0.2) is 11.5 Å². The molecule has 7 nitrogen and oxygen atoms in total. The molecule has 4 aromatic heterocycles. The zero-order chi connectivity index (χ0) is 17.6. The number of fused-ring (bicyclic) bond motifs is 1. The lowest BCUT2D eigenvalue weighted by atomic mass is 10.1. The average Bonchev–Trinajstić information content (AvgIpc) is 3.22. The number of rotatable bonds is 3. The van der Waals surface area contributed by atoms with Crippen molar-refractivity contribution in [3.63, 3.8) is 0 Å². The number of aryl methyl sites for hydroxylation is 2. The summed E-state index contributed by atoms with van der Waals surface area (Å²) in [5.41, 5.74) is 4.87. The third-order valence-corrected chi connectivity index (χ3v) is 4.35. The maximum Gasteiger partial charge on any atom is 0.276 e. The minimum absolute atomic E-state index is 0.0519. The molecule has 0 saturated heterocycles. The van der Waals surface area contributed by atoms with Gasteiger partial charge < -0.3 is 0 Å². The van der Waals surface area contributed by atoms with Gasteiger partial charge in [0.25, 0.3) is 5.56 Å². The molecule has 7 heteroatoms. The Morgan fingerprint density at radius 3 is 2.88 bits per heavy atom. The molecule has 0 fully saturated rings. The maximum atomic E-state index is 12.6. The second kappa shape index (κ2) is 5.70. The van der Waals surface area contributed by atoms with Crippen molar-refractivity contribution in [1.29, 1.82) is 0 Å². The minimum Gasteiger partial charge on any atom is -0.296 e. The van der Waals surface area contributed by atoms with Gasteiger partial charge in [-0.05, 0) is 38.0 Å². The van der Waals surface area contributed by atoms with Crippen molar-refractivity contribution in [3.05, 3.63) is 64.1 Å². The Morgan fingerprint density at radius 1 is 1.28 bits per heavy atom. The van der Waals surface area contributed by atoms with E-state index in [0.717, 1.165) is 33.8 Å². The molecule has 0 amide bonds. The van der Waals surface area contributed by atoms with E-state index in [0.29, 0.717) is 12.1 Å². The highest BCUT2D eigenvalue weighted by atomic mass is 16.1. The van der Waals surface area contributed by atoms with E-state index in [1.165, 1.54) is 4.52 Å². The van der Waals surface area contributed by atoms with Crippen molar-refractivity contribution in [2.75, 3.05) is 0 Å². The van der Waals surface area contributed by atoms with Crippen LogP contribution in [0.5, 0.6) is 0 Å². The number of H-pyrrole nitrogens is 1. The molecule has 0 saturated carbocycles. The van der Waals surface area contributed by atoms with Crippen LogP contribution in [0.3, 0.4) is 0 Å². The second-order valence-electron chi connectivity index (χ2n) is 6.05. The molecule has 0 unspecified atom stereocenters. The van der Waals surface area contributed by atoms with Crippen molar-refractivity contribution in [2.45, 2.75) is 27.2 Å². The van der Waals surface area contributed by atoms with E-state index >= 15 is 0 Å². The van der Waals surface area contributed by atoms with E-state index in [1.54, 1.807) is 23.3 Å². The number of hydrogen-bond donors (Lipinski definition) is 1. The van der Waals surface area contributed by atoms with E-state index in [4.69, 9.17) is 0 Å². The molecule has 0 radical (unpaired) electrons. The highest BCUT2D eigenvalue weighted by Gasteiger charge is 2.15. The van der Waals surface area contributed by atoms with E-state index in [2.05, 4.69) is 20.2 Å². The van der Waals surface area contributed by atoms with Gasteiger partial charge >= 0.3 is 0 Å². The summed E-state index contributed by atoms with van der Waals surface area (Å²) in [6.45, 7) is 5.84. The topological polar surface area (TPSA) is 80.9 Å². The fourth-order valence-corrected chi connectivity index (χ4v) is 3.01. The van der Waals surface area contributed by atoms with E-state index in [9.17, 15) is 4.79 Å². The predicted molar refractivity (Wildman–Crippen MR) is 95.0 cm³/mol. The van der Waals surface area contributed by atoms with Gasteiger partial charge in [-0.2, -0.15) is 5.10 Å². The minimum atomic E-state index is -0.0519. The van der Waals surface area contributed by atoms with Gasteiger partial charge in [0, 0.05) is 41.0 Å². The van der Waals surface area contributed by atoms with Crippen molar-refractivity contribution in [3.8, 4) is 16.9 Å². The molecule has 0 bridgehead atoms. The molecule has 4 heterocycles. The molecule has 0 atom stereocenters. The highest BCUT2D eigenvalue weighted by Crippen LogP contribution is 2.23. The number of aromatic amines is 1. The maximum absolute atomic E-state index is 12.6. The molecule has 0 aliphatic carbocycles. The lowest BCUT2D eigenvalue weighted by Gasteiger charge is -2.03. The molecule has 126 valence electrons. The Morgan fingerprint density at radius 2 is 2.12 bits per heavy atom. The molecular formula is C18H18N6O. The lowest BCUT2D eigenvalue weighted by Crippen LogP contribution is -2.21. The number of aromatic nitrogens is 6. The van der Waals surface area contributed by atoms with E-state index < -0.39 is 0 Å². The van der Waals surface area contributed by atoms with Crippen molar-refractivity contribution in [1.82, 2.24) is 29.4 Å². The molecule has 4 rings (SSSR count). The van der Waals surface area contributed by atoms with Crippen LogP contribution in [-0.2, 0) is 6.42 Å². The standard InChI is InChI=1S/C18H18N6O/c1-4-14-12(3)22-17-15(9-21-24(17)18(14)25)13-8-20-23(10-13)16-7-11(2)5-6-19-16/h5-10,21H,4H2,1-3H3. The lowest BCUT2D eigenvalue weighted by molar-refractivity contribution is 0.845. The van der Waals surface area contributed by atoms with Gasteiger partial charge in [-0.3, -0.25) is 9.89 Å². The SMILES string of the molecule is CCc1c(C)nc2c(-c3cnn(-c4cc(C)ccn4)c3)c[nH]n2c1=O. The molecule has 0 aliphatic heterocycles. The Balaban J connectivity index is 1.85. The quantitative estimate of drug-likeness (QED) is 0.624. The summed E-state index contributed by atoms with van der Waals surface area (Å²) in [4.78, 5) is 21.5. The third-order valence-electron chi connectivity index (χ3n) is 4.35. The van der Waals surface area contributed by atoms with Crippen molar-refractivity contribution in [2.24, 2.45) is 0 Å². The zero-order valence-corrected chi connectivity index (χ0v) is 14.3. The third kappa shape index (κ3) is 2.44. The molecule has 4 aromatic rings. The summed E-state index contributed by atoms with van der Waals surface area (Å²) < 4.78 is 3.21. The van der Waals surface area contributed by atoms with Gasteiger partial charge in [0.1, 0.15) is 0 Å². The highest BCUT2D eigenvalue weighted by molar-refractivity contribution is 5.76. The predicted octanol–water partition coefficient (Wildman–Crippen LogP) is 2.45. The fraction of sp³-hybridized carbons (Fsp3) is 0.222.